The van der Waals surface area contributed by atoms with Gasteiger partial charge in [0.2, 0.25) is 12.3 Å². The molecule has 14 heteroatoms. The third kappa shape index (κ3) is 6.24. The molecule has 2 aliphatic carbocycles. The molecule has 0 radical (unpaired) electrons. The molecule has 3 N–H and O–H groups in total. The predicted octanol–water partition coefficient (Wildman–Crippen LogP) is 3.82. The molecule has 3 aromatic rings. The first kappa shape index (κ1) is 27.9. The highest BCUT2D eigenvalue weighted by molar-refractivity contribution is 6.29. The molecule has 0 aliphatic heterocycles. The Kier molecular flexibility index (Phi) is 8.02. The van der Waals surface area contributed by atoms with Gasteiger partial charge in [-0.2, -0.15) is 15.3 Å². The minimum absolute atomic E-state index is 0.0153. The van der Waals surface area contributed by atoms with Gasteiger partial charge in [-0.25, -0.2) is 13.9 Å². The van der Waals surface area contributed by atoms with Crippen molar-refractivity contribution in [3.63, 3.8) is 0 Å². The van der Waals surface area contributed by atoms with Crippen molar-refractivity contribution in [1.82, 2.24) is 35.1 Å². The second kappa shape index (κ2) is 11.5. The molecule has 0 aromatic carbocycles. The molecule has 2 saturated carbocycles. The minimum atomic E-state index is -2.74. The van der Waals surface area contributed by atoms with Crippen LogP contribution >= 0.6 is 11.6 Å². The van der Waals surface area contributed by atoms with Crippen molar-refractivity contribution in [2.75, 3.05) is 5.32 Å². The normalized spacial score (nSPS) is 16.9. The van der Waals surface area contributed by atoms with Crippen LogP contribution in [0.2, 0.25) is 5.15 Å². The van der Waals surface area contributed by atoms with E-state index in [4.69, 9.17) is 11.6 Å². The van der Waals surface area contributed by atoms with Crippen LogP contribution in [0.25, 0.3) is 0 Å². The number of aromatic amines is 1. The zero-order valence-corrected chi connectivity index (χ0v) is 22.8. The number of nitrogens with zero attached hydrogens (tertiary/aromatic N) is 5. The largest absolute Gasteiger partial charge is 0.339 e. The Morgan fingerprint density at radius 3 is 2.50 bits per heavy atom. The van der Waals surface area contributed by atoms with Gasteiger partial charge in [-0.1, -0.05) is 11.6 Å². The summed E-state index contributed by atoms with van der Waals surface area (Å²) in [6.07, 6.45) is 4.82. The zero-order valence-electron chi connectivity index (χ0n) is 22.1. The van der Waals surface area contributed by atoms with Crippen molar-refractivity contribution in [3.05, 3.63) is 57.5 Å². The second-order valence-electron chi connectivity index (χ2n) is 10.8. The van der Waals surface area contributed by atoms with Gasteiger partial charge < -0.3 is 10.6 Å². The molecule has 3 heterocycles. The number of H-pyrrole nitrogens is 1. The molecule has 0 saturated heterocycles. The second-order valence-corrected chi connectivity index (χ2v) is 11.2. The van der Waals surface area contributed by atoms with Crippen molar-refractivity contribution in [2.24, 2.45) is 17.8 Å². The maximum absolute atomic E-state index is 13.7. The quantitative estimate of drug-likeness (QED) is 0.299. The SMILES string of the molecule is CC(C)n1nccc1C(=O)NC(C(=O)Nc1cnn(C(CC(F)F)c2cc(Cl)n[nH]c2=O)c1)C(C1CC1)C1CC1. The third-order valence-corrected chi connectivity index (χ3v) is 7.62. The molecule has 5 rings (SSSR count). The van der Waals surface area contributed by atoms with Gasteiger partial charge in [0, 0.05) is 30.4 Å². The number of carbonyl (C=O) groups excluding carboxylic acids is 2. The number of hydrogen-bond acceptors (Lipinski definition) is 6. The number of nitrogens with one attached hydrogen (secondary N) is 3. The van der Waals surface area contributed by atoms with Gasteiger partial charge in [0.1, 0.15) is 16.9 Å². The van der Waals surface area contributed by atoms with E-state index in [1.165, 1.54) is 23.1 Å². The molecule has 2 atom stereocenters. The Labute approximate surface area is 233 Å². The summed E-state index contributed by atoms with van der Waals surface area (Å²) in [5.41, 5.74) is -0.0910. The molecule has 2 unspecified atom stereocenters. The molecular formula is C26H31ClF2N8O3. The summed E-state index contributed by atoms with van der Waals surface area (Å²) >= 11 is 5.89. The molecule has 11 nitrogen and oxygen atoms in total. The molecule has 0 bridgehead atoms. The molecule has 2 fully saturated rings. The number of halogens is 3. The average Bonchev–Trinajstić information content (AvgIpc) is 3.82. The van der Waals surface area contributed by atoms with E-state index in [-0.39, 0.29) is 34.3 Å². The van der Waals surface area contributed by atoms with E-state index in [9.17, 15) is 23.2 Å². The molecule has 40 heavy (non-hydrogen) atoms. The van der Waals surface area contributed by atoms with Gasteiger partial charge in [-0.15, -0.1) is 0 Å². The van der Waals surface area contributed by atoms with Gasteiger partial charge in [0.15, 0.2) is 0 Å². The summed E-state index contributed by atoms with van der Waals surface area (Å²) in [6, 6.07) is 0.850. The van der Waals surface area contributed by atoms with Crippen molar-refractivity contribution < 1.29 is 18.4 Å². The Morgan fingerprint density at radius 1 is 1.18 bits per heavy atom. The molecule has 2 aliphatic rings. The lowest BCUT2D eigenvalue weighted by molar-refractivity contribution is -0.119. The highest BCUT2D eigenvalue weighted by Crippen LogP contribution is 2.51. The fraction of sp³-hybridized carbons (Fsp3) is 0.538. The predicted molar refractivity (Wildman–Crippen MR) is 142 cm³/mol. The summed E-state index contributed by atoms with van der Waals surface area (Å²) in [5.74, 6) is -0.125. The van der Waals surface area contributed by atoms with Crippen LogP contribution in [0.5, 0.6) is 0 Å². The topological polar surface area (TPSA) is 140 Å². The Balaban J connectivity index is 1.39. The van der Waals surface area contributed by atoms with E-state index in [0.717, 1.165) is 25.7 Å². The van der Waals surface area contributed by atoms with Crippen LogP contribution in [0.15, 0.2) is 35.5 Å². The zero-order chi connectivity index (χ0) is 28.6. The maximum Gasteiger partial charge on any atom is 0.270 e. The summed E-state index contributed by atoms with van der Waals surface area (Å²) in [5, 5.41) is 19.9. The molecular weight excluding hydrogens is 546 g/mol. The summed E-state index contributed by atoms with van der Waals surface area (Å²) in [6.45, 7) is 3.83. The molecule has 0 spiro atoms. The van der Waals surface area contributed by atoms with Crippen LogP contribution in [0.1, 0.15) is 74.1 Å². The van der Waals surface area contributed by atoms with Gasteiger partial charge >= 0.3 is 0 Å². The van der Waals surface area contributed by atoms with E-state index in [0.29, 0.717) is 17.5 Å². The maximum atomic E-state index is 13.7. The first-order chi connectivity index (χ1) is 19.1. The van der Waals surface area contributed by atoms with E-state index < -0.39 is 36.4 Å². The lowest BCUT2D eigenvalue weighted by atomic mass is 9.88. The first-order valence-corrected chi connectivity index (χ1v) is 13.7. The first-order valence-electron chi connectivity index (χ1n) is 13.3. The van der Waals surface area contributed by atoms with E-state index in [1.807, 2.05) is 13.8 Å². The van der Waals surface area contributed by atoms with Gasteiger partial charge in [-0.3, -0.25) is 23.7 Å². The van der Waals surface area contributed by atoms with Gasteiger partial charge in [-0.05, 0) is 69.4 Å². The van der Waals surface area contributed by atoms with Crippen molar-refractivity contribution in [2.45, 2.75) is 70.5 Å². The number of alkyl halides is 2. The Morgan fingerprint density at radius 2 is 1.88 bits per heavy atom. The smallest absolute Gasteiger partial charge is 0.270 e. The third-order valence-electron chi connectivity index (χ3n) is 7.43. The van der Waals surface area contributed by atoms with E-state index in [1.54, 1.807) is 16.9 Å². The van der Waals surface area contributed by atoms with Crippen molar-refractivity contribution >= 4 is 29.1 Å². The molecule has 2 amide bonds. The van der Waals surface area contributed by atoms with Gasteiger partial charge in [0.05, 0.1) is 17.9 Å². The summed E-state index contributed by atoms with van der Waals surface area (Å²) in [7, 11) is 0. The van der Waals surface area contributed by atoms with Crippen LogP contribution in [0.3, 0.4) is 0 Å². The molecule has 214 valence electrons. The lowest BCUT2D eigenvalue weighted by Gasteiger charge is -2.27. The average molecular weight is 577 g/mol. The lowest BCUT2D eigenvalue weighted by Crippen LogP contribution is -2.50. The van der Waals surface area contributed by atoms with Crippen LogP contribution in [0, 0.1) is 17.8 Å². The van der Waals surface area contributed by atoms with Gasteiger partial charge in [0.25, 0.3) is 11.5 Å². The highest BCUT2D eigenvalue weighted by atomic mass is 35.5. The summed E-state index contributed by atoms with van der Waals surface area (Å²) in [4.78, 5) is 39.3. The number of hydrogen-bond donors (Lipinski definition) is 3. The van der Waals surface area contributed by atoms with Crippen molar-refractivity contribution in [3.8, 4) is 0 Å². The number of aromatic nitrogens is 6. The minimum Gasteiger partial charge on any atom is -0.339 e. The monoisotopic (exact) mass is 576 g/mol. The molecule has 3 aromatic heterocycles. The van der Waals surface area contributed by atoms with Crippen LogP contribution in [-0.2, 0) is 4.79 Å². The van der Waals surface area contributed by atoms with Crippen LogP contribution in [0.4, 0.5) is 14.5 Å². The Bertz CT molecular complexity index is 1420. The van der Waals surface area contributed by atoms with Crippen LogP contribution in [-0.4, -0.2) is 54.0 Å². The Hall–Kier alpha value is -3.61. The van der Waals surface area contributed by atoms with Crippen molar-refractivity contribution in [1.29, 1.82) is 0 Å². The number of amides is 2. The number of carbonyl (C=O) groups is 2. The number of rotatable bonds is 12. The van der Waals surface area contributed by atoms with E-state index in [2.05, 4.69) is 31.0 Å². The van der Waals surface area contributed by atoms with Crippen LogP contribution < -0.4 is 16.2 Å². The standard InChI is InChI=1S/C26H31ClF2N8O3/c1-13(2)37-18(7-8-30-37)25(39)33-23(22(14-3-4-14)15-5-6-15)26(40)32-16-11-31-36(12-16)19(10-21(28)29)17-9-20(27)34-35-24(17)38/h7-9,11-15,19,21-23H,3-6,10H2,1-2H3,(H,32,40)(H,33,39)(H,35,38). The van der Waals surface area contributed by atoms with E-state index >= 15 is 0 Å². The number of anilines is 1. The fourth-order valence-electron chi connectivity index (χ4n) is 5.33. The summed E-state index contributed by atoms with van der Waals surface area (Å²) < 4.78 is 29.7. The highest BCUT2D eigenvalue weighted by Gasteiger charge is 2.48. The fourth-order valence-corrected chi connectivity index (χ4v) is 5.49.